The van der Waals surface area contributed by atoms with Crippen LogP contribution in [0, 0.1) is 5.92 Å². The monoisotopic (exact) mass is 192 g/mol. The van der Waals surface area contributed by atoms with E-state index >= 15 is 0 Å². The van der Waals surface area contributed by atoms with Crippen LogP contribution < -0.4 is 4.74 Å². The molecule has 2 rings (SSSR count). The van der Waals surface area contributed by atoms with Crippen molar-refractivity contribution in [2.24, 2.45) is 5.92 Å². The maximum atomic E-state index is 11.1. The Morgan fingerprint density at radius 1 is 1.36 bits per heavy atom. The van der Waals surface area contributed by atoms with Gasteiger partial charge in [0.05, 0.1) is 13.0 Å². The molecule has 0 aliphatic heterocycles. The predicted octanol–water partition coefficient (Wildman–Crippen LogP) is 1.63. The van der Waals surface area contributed by atoms with Gasteiger partial charge in [-0.15, -0.1) is 0 Å². The van der Waals surface area contributed by atoms with Crippen LogP contribution in [0.15, 0.2) is 30.3 Å². The Morgan fingerprint density at radius 2 is 2.07 bits per heavy atom. The SMILES string of the molecule is COC(=O)C1CC1Oc1ccccc1. The van der Waals surface area contributed by atoms with Crippen LogP contribution in [0.3, 0.4) is 0 Å². The summed E-state index contributed by atoms with van der Waals surface area (Å²) in [6, 6.07) is 9.51. The van der Waals surface area contributed by atoms with Crippen molar-refractivity contribution in [2.75, 3.05) is 7.11 Å². The number of hydrogen-bond acceptors (Lipinski definition) is 3. The summed E-state index contributed by atoms with van der Waals surface area (Å²) in [5.41, 5.74) is 0. The molecule has 3 nitrogen and oxygen atoms in total. The van der Waals surface area contributed by atoms with E-state index in [0.717, 1.165) is 12.2 Å². The molecule has 0 amide bonds. The van der Waals surface area contributed by atoms with Crippen molar-refractivity contribution in [1.29, 1.82) is 0 Å². The molecule has 74 valence electrons. The van der Waals surface area contributed by atoms with Crippen molar-refractivity contribution >= 4 is 5.97 Å². The van der Waals surface area contributed by atoms with Crippen LogP contribution >= 0.6 is 0 Å². The molecular weight excluding hydrogens is 180 g/mol. The summed E-state index contributed by atoms with van der Waals surface area (Å²) < 4.78 is 10.2. The second kappa shape index (κ2) is 3.70. The minimum atomic E-state index is -0.175. The normalized spacial score (nSPS) is 24.1. The molecule has 0 aromatic heterocycles. The Balaban J connectivity index is 1.88. The van der Waals surface area contributed by atoms with Gasteiger partial charge in [-0.1, -0.05) is 18.2 Å². The molecule has 2 unspecified atom stereocenters. The third kappa shape index (κ3) is 1.87. The first-order chi connectivity index (χ1) is 6.81. The number of carbonyl (C=O) groups is 1. The van der Waals surface area contributed by atoms with Gasteiger partial charge in [0.1, 0.15) is 11.9 Å². The van der Waals surface area contributed by atoms with Crippen molar-refractivity contribution in [3.63, 3.8) is 0 Å². The molecule has 0 spiro atoms. The zero-order valence-electron chi connectivity index (χ0n) is 7.97. The molecule has 0 N–H and O–H groups in total. The molecule has 1 aromatic rings. The molecule has 0 bridgehead atoms. The minimum Gasteiger partial charge on any atom is -0.490 e. The summed E-state index contributed by atoms with van der Waals surface area (Å²) in [5, 5.41) is 0. The van der Waals surface area contributed by atoms with Gasteiger partial charge in [-0.3, -0.25) is 4.79 Å². The lowest BCUT2D eigenvalue weighted by Crippen LogP contribution is -2.09. The van der Waals surface area contributed by atoms with E-state index in [9.17, 15) is 4.79 Å². The van der Waals surface area contributed by atoms with Crippen molar-refractivity contribution in [2.45, 2.75) is 12.5 Å². The fraction of sp³-hybridized carbons (Fsp3) is 0.364. The Morgan fingerprint density at radius 3 is 2.71 bits per heavy atom. The second-order valence-electron chi connectivity index (χ2n) is 3.33. The first-order valence-electron chi connectivity index (χ1n) is 4.61. The van der Waals surface area contributed by atoms with Crippen LogP contribution in [0.2, 0.25) is 0 Å². The van der Waals surface area contributed by atoms with Gasteiger partial charge in [0, 0.05) is 6.42 Å². The molecule has 2 atom stereocenters. The van der Waals surface area contributed by atoms with E-state index in [-0.39, 0.29) is 18.0 Å². The van der Waals surface area contributed by atoms with Crippen LogP contribution in [0.4, 0.5) is 0 Å². The summed E-state index contributed by atoms with van der Waals surface area (Å²) in [7, 11) is 1.40. The number of esters is 1. The molecule has 1 aliphatic rings. The predicted molar refractivity (Wildman–Crippen MR) is 51.0 cm³/mol. The lowest BCUT2D eigenvalue weighted by atomic mass is 10.3. The van der Waals surface area contributed by atoms with Crippen LogP contribution in [0.25, 0.3) is 0 Å². The summed E-state index contributed by atoms with van der Waals surface area (Å²) in [5.74, 6) is 0.565. The Kier molecular flexibility index (Phi) is 2.39. The van der Waals surface area contributed by atoms with E-state index < -0.39 is 0 Å². The van der Waals surface area contributed by atoms with Crippen LogP contribution in [0.1, 0.15) is 6.42 Å². The van der Waals surface area contributed by atoms with Gasteiger partial charge >= 0.3 is 5.97 Å². The van der Waals surface area contributed by atoms with Gasteiger partial charge in [0.2, 0.25) is 0 Å². The lowest BCUT2D eigenvalue weighted by molar-refractivity contribution is -0.142. The van der Waals surface area contributed by atoms with Crippen LogP contribution in [-0.4, -0.2) is 19.2 Å². The maximum absolute atomic E-state index is 11.1. The van der Waals surface area contributed by atoms with Crippen LogP contribution in [-0.2, 0) is 9.53 Å². The highest BCUT2D eigenvalue weighted by Gasteiger charge is 2.46. The highest BCUT2D eigenvalue weighted by molar-refractivity contribution is 5.76. The first-order valence-corrected chi connectivity index (χ1v) is 4.61. The van der Waals surface area contributed by atoms with Crippen molar-refractivity contribution in [3.8, 4) is 5.75 Å². The number of ether oxygens (including phenoxy) is 2. The molecule has 0 saturated heterocycles. The van der Waals surface area contributed by atoms with E-state index in [1.807, 2.05) is 30.3 Å². The smallest absolute Gasteiger partial charge is 0.312 e. The van der Waals surface area contributed by atoms with Gasteiger partial charge in [-0.2, -0.15) is 0 Å². The van der Waals surface area contributed by atoms with E-state index in [0.29, 0.717) is 0 Å². The zero-order valence-corrected chi connectivity index (χ0v) is 7.97. The van der Waals surface area contributed by atoms with Crippen molar-refractivity contribution in [1.82, 2.24) is 0 Å². The van der Waals surface area contributed by atoms with E-state index in [1.54, 1.807) is 0 Å². The number of benzene rings is 1. The number of hydrogen-bond donors (Lipinski definition) is 0. The molecule has 3 heteroatoms. The largest absolute Gasteiger partial charge is 0.490 e. The van der Waals surface area contributed by atoms with Gasteiger partial charge in [-0.05, 0) is 12.1 Å². The standard InChI is InChI=1S/C11H12O3/c1-13-11(12)9-7-10(9)14-8-5-3-2-4-6-8/h2-6,9-10H,7H2,1H3. The third-order valence-corrected chi connectivity index (χ3v) is 2.27. The lowest BCUT2D eigenvalue weighted by Gasteiger charge is -2.03. The number of rotatable bonds is 3. The van der Waals surface area contributed by atoms with Crippen molar-refractivity contribution in [3.05, 3.63) is 30.3 Å². The topological polar surface area (TPSA) is 35.5 Å². The molecule has 0 heterocycles. The van der Waals surface area contributed by atoms with Gasteiger partial charge in [0.25, 0.3) is 0 Å². The van der Waals surface area contributed by atoms with E-state index in [4.69, 9.17) is 4.74 Å². The number of carbonyl (C=O) groups excluding carboxylic acids is 1. The molecule has 1 saturated carbocycles. The second-order valence-corrected chi connectivity index (χ2v) is 3.33. The summed E-state index contributed by atoms with van der Waals surface area (Å²) in [6.07, 6.45) is 0.770. The molecule has 1 aliphatic carbocycles. The summed E-state index contributed by atoms with van der Waals surface area (Å²) in [6.45, 7) is 0. The van der Waals surface area contributed by atoms with Gasteiger partial charge in [0.15, 0.2) is 0 Å². The molecule has 0 radical (unpaired) electrons. The molecular formula is C11H12O3. The fourth-order valence-corrected chi connectivity index (χ4v) is 1.38. The molecule has 1 aromatic carbocycles. The molecule has 14 heavy (non-hydrogen) atoms. The highest BCUT2D eigenvalue weighted by atomic mass is 16.5. The average molecular weight is 192 g/mol. The number of para-hydroxylation sites is 1. The van der Waals surface area contributed by atoms with Crippen LogP contribution in [0.5, 0.6) is 5.75 Å². The summed E-state index contributed by atoms with van der Waals surface area (Å²) >= 11 is 0. The fourth-order valence-electron chi connectivity index (χ4n) is 1.38. The minimum absolute atomic E-state index is 0.00449. The first kappa shape index (κ1) is 9.06. The molecule has 1 fully saturated rings. The summed E-state index contributed by atoms with van der Waals surface area (Å²) in [4.78, 5) is 11.1. The van der Waals surface area contributed by atoms with Gasteiger partial charge < -0.3 is 9.47 Å². The Hall–Kier alpha value is -1.51. The van der Waals surface area contributed by atoms with Gasteiger partial charge in [-0.25, -0.2) is 0 Å². The van der Waals surface area contributed by atoms with Crippen molar-refractivity contribution < 1.29 is 14.3 Å². The maximum Gasteiger partial charge on any atom is 0.312 e. The Labute approximate surface area is 82.6 Å². The highest BCUT2D eigenvalue weighted by Crippen LogP contribution is 2.35. The Bertz CT molecular complexity index is 321. The third-order valence-electron chi connectivity index (χ3n) is 2.27. The van der Waals surface area contributed by atoms with E-state index in [1.165, 1.54) is 7.11 Å². The van der Waals surface area contributed by atoms with E-state index in [2.05, 4.69) is 4.74 Å². The quantitative estimate of drug-likeness (QED) is 0.683. The zero-order chi connectivity index (χ0) is 9.97. The number of methoxy groups -OCH3 is 1. The average Bonchev–Trinajstić information content (AvgIpc) is 2.98.